The molecule has 0 saturated carbocycles. The van der Waals surface area contributed by atoms with E-state index in [1.807, 2.05) is 30.5 Å². The van der Waals surface area contributed by atoms with Crippen LogP contribution in [0.4, 0.5) is 0 Å². The average molecular weight is 349 g/mol. The van der Waals surface area contributed by atoms with Gasteiger partial charge in [0.15, 0.2) is 0 Å². The van der Waals surface area contributed by atoms with Gasteiger partial charge < -0.3 is 9.73 Å². The quantitative estimate of drug-likeness (QED) is 0.739. The number of hydrogen-bond acceptors (Lipinski definition) is 4. The first-order valence-electron chi connectivity index (χ1n) is 6.25. The summed E-state index contributed by atoms with van der Waals surface area (Å²) < 4.78 is 6.36. The molecule has 0 spiro atoms. The molecule has 20 heavy (non-hydrogen) atoms. The van der Waals surface area contributed by atoms with Crippen LogP contribution in [0.25, 0.3) is 10.4 Å². The number of rotatable bonds is 5. The summed E-state index contributed by atoms with van der Waals surface area (Å²) in [7, 11) is 0. The number of benzene rings is 1. The molecule has 3 rings (SSSR count). The van der Waals surface area contributed by atoms with Gasteiger partial charge in [-0.2, -0.15) is 0 Å². The van der Waals surface area contributed by atoms with Crippen molar-refractivity contribution in [3.63, 3.8) is 0 Å². The molecular weight excluding hydrogens is 336 g/mol. The van der Waals surface area contributed by atoms with Crippen molar-refractivity contribution in [1.82, 2.24) is 10.3 Å². The van der Waals surface area contributed by atoms with Crippen molar-refractivity contribution >= 4 is 27.3 Å². The lowest BCUT2D eigenvalue weighted by Gasteiger charge is -1.99. The number of halogens is 1. The largest absolute Gasteiger partial charge is 0.468 e. The van der Waals surface area contributed by atoms with E-state index in [2.05, 4.69) is 38.4 Å². The Kier molecular flexibility index (Phi) is 4.30. The van der Waals surface area contributed by atoms with E-state index < -0.39 is 0 Å². The number of aromatic nitrogens is 1. The van der Waals surface area contributed by atoms with Crippen LogP contribution in [0.15, 0.2) is 57.7 Å². The summed E-state index contributed by atoms with van der Waals surface area (Å²) in [5, 5.41) is 4.40. The summed E-state index contributed by atoms with van der Waals surface area (Å²) in [6, 6.07) is 12.1. The van der Waals surface area contributed by atoms with Crippen LogP contribution in [0.5, 0.6) is 0 Å². The first-order valence-corrected chi connectivity index (χ1v) is 7.86. The van der Waals surface area contributed by atoms with Crippen LogP contribution >= 0.6 is 27.3 Å². The Morgan fingerprint density at radius 1 is 1.15 bits per heavy atom. The van der Waals surface area contributed by atoms with E-state index in [1.54, 1.807) is 17.6 Å². The predicted octanol–water partition coefficient (Wildman–Crippen LogP) is 4.46. The molecule has 102 valence electrons. The number of nitrogens with zero attached hydrogens (tertiary/aromatic N) is 1. The highest BCUT2D eigenvalue weighted by Gasteiger charge is 2.04. The monoisotopic (exact) mass is 348 g/mol. The summed E-state index contributed by atoms with van der Waals surface area (Å²) in [5.74, 6) is 0.940. The number of thiazole rings is 1. The lowest BCUT2D eigenvalue weighted by molar-refractivity contribution is 0.483. The van der Waals surface area contributed by atoms with Crippen molar-refractivity contribution in [3.8, 4) is 10.4 Å². The number of hydrogen-bond donors (Lipinski definition) is 1. The molecule has 0 aliphatic heterocycles. The minimum absolute atomic E-state index is 0.722. The van der Waals surface area contributed by atoms with E-state index in [-0.39, 0.29) is 0 Å². The fourth-order valence-electron chi connectivity index (χ4n) is 1.85. The highest BCUT2D eigenvalue weighted by molar-refractivity contribution is 9.10. The fraction of sp³-hybridized carbons (Fsp3) is 0.133. The third-order valence-corrected chi connectivity index (χ3v) is 4.41. The molecule has 0 atom stereocenters. The molecule has 2 aromatic heterocycles. The molecule has 1 aromatic carbocycles. The molecule has 0 amide bonds. The first-order chi connectivity index (χ1) is 9.81. The summed E-state index contributed by atoms with van der Waals surface area (Å²) in [6.45, 7) is 1.47. The Morgan fingerprint density at radius 3 is 2.75 bits per heavy atom. The maximum absolute atomic E-state index is 5.27. The van der Waals surface area contributed by atoms with Gasteiger partial charge in [-0.3, -0.25) is 0 Å². The predicted molar refractivity (Wildman–Crippen MR) is 84.5 cm³/mol. The fourth-order valence-corrected chi connectivity index (χ4v) is 3.00. The zero-order valence-electron chi connectivity index (χ0n) is 10.7. The van der Waals surface area contributed by atoms with E-state index >= 15 is 0 Å². The Hall–Kier alpha value is -1.43. The van der Waals surface area contributed by atoms with Crippen LogP contribution in [-0.2, 0) is 13.1 Å². The van der Waals surface area contributed by atoms with Crippen molar-refractivity contribution in [2.24, 2.45) is 0 Å². The minimum atomic E-state index is 0.722. The molecule has 0 bridgehead atoms. The molecule has 0 aliphatic rings. The molecule has 0 unspecified atom stereocenters. The number of furan rings is 1. The van der Waals surface area contributed by atoms with Crippen LogP contribution in [0.2, 0.25) is 0 Å². The summed E-state index contributed by atoms with van der Waals surface area (Å²) in [4.78, 5) is 5.63. The average Bonchev–Trinajstić information content (AvgIpc) is 3.11. The maximum atomic E-state index is 5.27. The third-order valence-electron chi connectivity index (χ3n) is 2.84. The van der Waals surface area contributed by atoms with Crippen molar-refractivity contribution < 1.29 is 4.42 Å². The molecule has 1 N–H and O–H groups in total. The standard InChI is InChI=1S/C15H13BrN2OS/c16-12-5-3-11(4-6-12)14-9-18-15(20-14)10-17-8-13-2-1-7-19-13/h1-7,9,17H,8,10H2. The van der Waals surface area contributed by atoms with Gasteiger partial charge in [0, 0.05) is 17.2 Å². The topological polar surface area (TPSA) is 38.1 Å². The smallest absolute Gasteiger partial charge is 0.117 e. The van der Waals surface area contributed by atoms with Crippen molar-refractivity contribution in [2.75, 3.05) is 0 Å². The Morgan fingerprint density at radius 2 is 2.00 bits per heavy atom. The SMILES string of the molecule is Brc1ccc(-c2cnc(CNCc3ccco3)s2)cc1. The highest BCUT2D eigenvalue weighted by atomic mass is 79.9. The zero-order chi connectivity index (χ0) is 13.8. The van der Waals surface area contributed by atoms with Crippen LogP contribution < -0.4 is 5.32 Å². The Balaban J connectivity index is 1.60. The van der Waals surface area contributed by atoms with Crippen LogP contribution in [0.3, 0.4) is 0 Å². The van der Waals surface area contributed by atoms with E-state index in [9.17, 15) is 0 Å². The normalized spacial score (nSPS) is 10.8. The maximum Gasteiger partial charge on any atom is 0.117 e. The van der Waals surface area contributed by atoms with Gasteiger partial charge in [0.05, 0.1) is 17.7 Å². The van der Waals surface area contributed by atoms with Gasteiger partial charge >= 0.3 is 0 Å². The van der Waals surface area contributed by atoms with Gasteiger partial charge in [-0.1, -0.05) is 28.1 Å². The van der Waals surface area contributed by atoms with Crippen molar-refractivity contribution in [3.05, 3.63) is 64.1 Å². The Bertz CT molecular complexity index is 662. The zero-order valence-corrected chi connectivity index (χ0v) is 13.1. The molecular formula is C15H13BrN2OS. The lowest BCUT2D eigenvalue weighted by Crippen LogP contribution is -2.11. The molecule has 2 heterocycles. The van der Waals surface area contributed by atoms with Gasteiger partial charge in [-0.15, -0.1) is 11.3 Å². The molecule has 0 saturated heterocycles. The molecule has 0 radical (unpaired) electrons. The second kappa shape index (κ2) is 6.35. The van der Waals surface area contributed by atoms with Gasteiger partial charge in [0.1, 0.15) is 10.8 Å². The molecule has 5 heteroatoms. The van der Waals surface area contributed by atoms with Crippen molar-refractivity contribution in [1.29, 1.82) is 0 Å². The van der Waals surface area contributed by atoms with E-state index in [0.29, 0.717) is 0 Å². The summed E-state index contributed by atoms with van der Waals surface area (Å²) >= 11 is 5.15. The van der Waals surface area contributed by atoms with Crippen LogP contribution in [0, 0.1) is 0 Å². The van der Waals surface area contributed by atoms with Crippen LogP contribution in [-0.4, -0.2) is 4.98 Å². The minimum Gasteiger partial charge on any atom is -0.468 e. The lowest BCUT2D eigenvalue weighted by atomic mass is 10.2. The Labute approximate surface area is 129 Å². The third kappa shape index (κ3) is 3.36. The van der Waals surface area contributed by atoms with E-state index in [0.717, 1.165) is 28.3 Å². The van der Waals surface area contributed by atoms with Gasteiger partial charge in [-0.05, 0) is 29.8 Å². The number of nitrogens with one attached hydrogen (secondary N) is 1. The molecule has 0 fully saturated rings. The summed E-state index contributed by atoms with van der Waals surface area (Å²) in [6.07, 6.45) is 3.61. The van der Waals surface area contributed by atoms with Crippen molar-refractivity contribution in [2.45, 2.75) is 13.1 Å². The second-order valence-corrected chi connectivity index (χ2v) is 6.34. The van der Waals surface area contributed by atoms with Gasteiger partial charge in [-0.25, -0.2) is 4.98 Å². The molecule has 3 nitrogen and oxygen atoms in total. The first kappa shape index (κ1) is 13.5. The second-order valence-electron chi connectivity index (χ2n) is 4.31. The van der Waals surface area contributed by atoms with Crippen LogP contribution in [0.1, 0.15) is 10.8 Å². The molecule has 0 aliphatic carbocycles. The molecule has 3 aromatic rings. The van der Waals surface area contributed by atoms with E-state index in [4.69, 9.17) is 4.42 Å². The van der Waals surface area contributed by atoms with Gasteiger partial charge in [0.25, 0.3) is 0 Å². The van der Waals surface area contributed by atoms with E-state index in [1.165, 1.54) is 10.4 Å². The highest BCUT2D eigenvalue weighted by Crippen LogP contribution is 2.27. The summed E-state index contributed by atoms with van der Waals surface area (Å²) in [5.41, 5.74) is 1.20. The van der Waals surface area contributed by atoms with Gasteiger partial charge in [0.2, 0.25) is 0 Å².